The number of nitrogens with one attached hydrogen (secondary N) is 1. The van der Waals surface area contributed by atoms with Gasteiger partial charge in [-0.05, 0) is 35.8 Å². The van der Waals surface area contributed by atoms with Gasteiger partial charge in [0.25, 0.3) is 5.91 Å². The van der Waals surface area contributed by atoms with Crippen LogP contribution in [0.1, 0.15) is 30.4 Å². The number of hydrogen-bond acceptors (Lipinski definition) is 3. The molecule has 2 N–H and O–H groups in total. The van der Waals surface area contributed by atoms with Crippen molar-refractivity contribution in [2.75, 3.05) is 20.3 Å². The van der Waals surface area contributed by atoms with Crippen molar-refractivity contribution in [2.24, 2.45) is 5.41 Å². The molecule has 4 heteroatoms. The predicted octanol–water partition coefficient (Wildman–Crippen LogP) is 2.86. The van der Waals surface area contributed by atoms with Crippen molar-refractivity contribution in [1.29, 1.82) is 0 Å². The summed E-state index contributed by atoms with van der Waals surface area (Å²) in [5.74, 6) is -0.381. The van der Waals surface area contributed by atoms with E-state index in [-0.39, 0.29) is 11.3 Å². The van der Waals surface area contributed by atoms with E-state index in [4.69, 9.17) is 4.74 Å². The molecule has 0 unspecified atom stereocenters. The van der Waals surface area contributed by atoms with Crippen LogP contribution in [0, 0.1) is 5.41 Å². The topological polar surface area (TPSA) is 58.6 Å². The third kappa shape index (κ3) is 3.75. The summed E-state index contributed by atoms with van der Waals surface area (Å²) in [6, 6.07) is 18.2. The maximum atomic E-state index is 13.0. The van der Waals surface area contributed by atoms with Gasteiger partial charge in [0.15, 0.2) is 5.60 Å². The molecule has 2 aromatic carbocycles. The van der Waals surface area contributed by atoms with Crippen LogP contribution in [0.25, 0.3) is 0 Å². The van der Waals surface area contributed by atoms with Crippen molar-refractivity contribution in [3.05, 3.63) is 71.8 Å². The van der Waals surface area contributed by atoms with Crippen molar-refractivity contribution in [3.8, 4) is 0 Å². The van der Waals surface area contributed by atoms with E-state index in [0.29, 0.717) is 24.3 Å². The molecule has 1 aliphatic rings. The normalized spacial score (nSPS) is 15.6. The number of carbonyl (C=O) groups excluding carboxylic acids is 1. The highest BCUT2D eigenvalue weighted by atomic mass is 16.5. The van der Waals surface area contributed by atoms with Crippen LogP contribution in [0.3, 0.4) is 0 Å². The van der Waals surface area contributed by atoms with Gasteiger partial charge in [-0.25, -0.2) is 0 Å². The third-order valence-corrected chi connectivity index (χ3v) is 5.13. The number of hydrogen-bond donors (Lipinski definition) is 2. The molecular weight excluding hydrogens is 314 g/mol. The van der Waals surface area contributed by atoms with E-state index in [1.54, 1.807) is 31.4 Å². The van der Waals surface area contributed by atoms with Gasteiger partial charge in [-0.15, -0.1) is 0 Å². The lowest BCUT2D eigenvalue weighted by atomic mass is 9.85. The molecule has 4 nitrogen and oxygen atoms in total. The summed E-state index contributed by atoms with van der Waals surface area (Å²) >= 11 is 0. The molecule has 0 saturated heterocycles. The lowest BCUT2D eigenvalue weighted by molar-refractivity contribution is -0.137. The summed E-state index contributed by atoms with van der Waals surface area (Å²) < 4.78 is 5.17. The first kappa shape index (κ1) is 17.6. The van der Waals surface area contributed by atoms with Crippen LogP contribution in [0.4, 0.5) is 0 Å². The highest BCUT2D eigenvalue weighted by Crippen LogP contribution is 2.48. The molecule has 0 atom stereocenters. The van der Waals surface area contributed by atoms with E-state index in [0.717, 1.165) is 19.3 Å². The first-order valence-corrected chi connectivity index (χ1v) is 8.71. The van der Waals surface area contributed by atoms with Crippen LogP contribution in [0.15, 0.2) is 60.7 Å². The molecule has 0 spiro atoms. The Morgan fingerprint density at radius 3 is 2.04 bits per heavy atom. The monoisotopic (exact) mass is 339 g/mol. The molecule has 0 heterocycles. The zero-order valence-electron chi connectivity index (χ0n) is 14.6. The predicted molar refractivity (Wildman–Crippen MR) is 97.1 cm³/mol. The molecule has 1 amide bonds. The van der Waals surface area contributed by atoms with E-state index in [9.17, 15) is 9.90 Å². The zero-order chi connectivity index (χ0) is 17.8. The Morgan fingerprint density at radius 2 is 1.60 bits per heavy atom. The van der Waals surface area contributed by atoms with Crippen molar-refractivity contribution in [2.45, 2.75) is 24.9 Å². The second kappa shape index (κ2) is 7.38. The van der Waals surface area contributed by atoms with Crippen LogP contribution >= 0.6 is 0 Å². The smallest absolute Gasteiger partial charge is 0.261 e. The lowest BCUT2D eigenvalue weighted by Crippen LogP contribution is -2.47. The number of methoxy groups -OCH3 is 1. The number of carbonyl (C=O) groups is 1. The second-order valence-corrected chi connectivity index (χ2v) is 6.87. The first-order valence-electron chi connectivity index (χ1n) is 8.71. The van der Waals surface area contributed by atoms with E-state index >= 15 is 0 Å². The number of ether oxygens (including phenoxy) is 1. The zero-order valence-corrected chi connectivity index (χ0v) is 14.6. The highest BCUT2D eigenvalue weighted by molar-refractivity contribution is 5.90. The molecule has 132 valence electrons. The molecule has 0 aliphatic heterocycles. The minimum absolute atomic E-state index is 0.125. The molecule has 1 saturated carbocycles. The fraction of sp³-hybridized carbons (Fsp3) is 0.381. The van der Waals surface area contributed by atoms with Gasteiger partial charge < -0.3 is 15.2 Å². The van der Waals surface area contributed by atoms with Crippen molar-refractivity contribution >= 4 is 5.91 Å². The van der Waals surface area contributed by atoms with E-state index in [1.165, 1.54) is 0 Å². The van der Waals surface area contributed by atoms with Gasteiger partial charge in [-0.2, -0.15) is 0 Å². The number of amides is 1. The number of aliphatic hydroxyl groups is 1. The molecule has 25 heavy (non-hydrogen) atoms. The Morgan fingerprint density at radius 1 is 1.08 bits per heavy atom. The molecule has 3 rings (SSSR count). The largest absolute Gasteiger partial charge is 0.385 e. The summed E-state index contributed by atoms with van der Waals surface area (Å²) in [6.07, 6.45) is 3.11. The van der Waals surface area contributed by atoms with Crippen molar-refractivity contribution in [3.63, 3.8) is 0 Å². The van der Waals surface area contributed by atoms with Crippen LogP contribution in [-0.2, 0) is 15.1 Å². The maximum Gasteiger partial charge on any atom is 0.261 e. The van der Waals surface area contributed by atoms with Crippen LogP contribution in [-0.4, -0.2) is 31.3 Å². The molecule has 0 radical (unpaired) electrons. The highest BCUT2D eigenvalue weighted by Gasteiger charge is 2.45. The fourth-order valence-electron chi connectivity index (χ4n) is 3.19. The summed E-state index contributed by atoms with van der Waals surface area (Å²) in [6.45, 7) is 1.26. The summed E-state index contributed by atoms with van der Waals surface area (Å²) in [5, 5.41) is 14.4. The van der Waals surface area contributed by atoms with Crippen molar-refractivity contribution in [1.82, 2.24) is 5.32 Å². The summed E-state index contributed by atoms with van der Waals surface area (Å²) in [7, 11) is 1.69. The Kier molecular flexibility index (Phi) is 5.21. The molecule has 2 aromatic rings. The van der Waals surface area contributed by atoms with Crippen LogP contribution in [0.2, 0.25) is 0 Å². The minimum Gasteiger partial charge on any atom is -0.385 e. The Balaban J connectivity index is 1.82. The van der Waals surface area contributed by atoms with Gasteiger partial charge in [-0.3, -0.25) is 4.79 Å². The Bertz CT molecular complexity index is 656. The SMILES string of the molecule is COCCC1(CNC(=O)C(O)(c2ccccc2)c2ccccc2)CC1. The average Bonchev–Trinajstić information content (AvgIpc) is 3.45. The van der Waals surface area contributed by atoms with E-state index in [1.807, 2.05) is 36.4 Å². The third-order valence-electron chi connectivity index (χ3n) is 5.13. The van der Waals surface area contributed by atoms with Crippen LogP contribution in [0.5, 0.6) is 0 Å². The van der Waals surface area contributed by atoms with Gasteiger partial charge in [0.1, 0.15) is 0 Å². The molecule has 0 bridgehead atoms. The van der Waals surface area contributed by atoms with E-state index in [2.05, 4.69) is 5.32 Å². The summed E-state index contributed by atoms with van der Waals surface area (Å²) in [5.41, 5.74) is -0.430. The van der Waals surface area contributed by atoms with Crippen molar-refractivity contribution < 1.29 is 14.6 Å². The average molecular weight is 339 g/mol. The number of rotatable bonds is 8. The first-order chi connectivity index (χ1) is 12.1. The Hall–Kier alpha value is -2.17. The molecule has 0 aromatic heterocycles. The minimum atomic E-state index is -1.69. The molecule has 1 aliphatic carbocycles. The maximum absolute atomic E-state index is 13.0. The lowest BCUT2D eigenvalue weighted by Gasteiger charge is -2.29. The van der Waals surface area contributed by atoms with Crippen LogP contribution < -0.4 is 5.32 Å². The molecule has 1 fully saturated rings. The second-order valence-electron chi connectivity index (χ2n) is 6.87. The number of benzene rings is 2. The van der Waals surface area contributed by atoms with Gasteiger partial charge >= 0.3 is 0 Å². The van der Waals surface area contributed by atoms with Gasteiger partial charge in [0.05, 0.1) is 0 Å². The standard InChI is InChI=1S/C21H25NO3/c1-25-15-14-20(12-13-20)16-22-19(23)21(24,17-8-4-2-5-9-17)18-10-6-3-7-11-18/h2-11,24H,12-16H2,1H3,(H,22,23). The van der Waals surface area contributed by atoms with Gasteiger partial charge in [0, 0.05) is 20.3 Å². The summed E-state index contributed by atoms with van der Waals surface area (Å²) in [4.78, 5) is 13.0. The van der Waals surface area contributed by atoms with E-state index < -0.39 is 5.60 Å². The van der Waals surface area contributed by atoms with Gasteiger partial charge in [-0.1, -0.05) is 60.7 Å². The van der Waals surface area contributed by atoms with Gasteiger partial charge in [0.2, 0.25) is 0 Å². The molecular formula is C21H25NO3. The Labute approximate surface area is 148 Å². The quantitative estimate of drug-likeness (QED) is 0.777. The fourth-order valence-corrected chi connectivity index (χ4v) is 3.19.